The Kier molecular flexibility index (Phi) is 7.43. The number of hydrogen-bond donors (Lipinski definition) is 2. The smallest absolute Gasteiger partial charge is 0.265 e. The van der Waals surface area contributed by atoms with Gasteiger partial charge >= 0.3 is 0 Å². The van der Waals surface area contributed by atoms with Gasteiger partial charge in [0.1, 0.15) is 5.75 Å². The van der Waals surface area contributed by atoms with Crippen molar-refractivity contribution in [2.45, 2.75) is 52.0 Å². The van der Waals surface area contributed by atoms with Crippen molar-refractivity contribution in [3.05, 3.63) is 82.9 Å². The standard InChI is InChI=1S/C26H30N2O4S/c1-6-24(32-25-16-18(3)7-9-19(25)4)26(29)27-21-10-12-22(13-11-21)33(30,31)28-23-14-8-17(2)15-20(23)5/h7-16,24,28H,6H2,1-5H3,(H,27,29)/t24-/m1/s1. The van der Waals surface area contributed by atoms with Gasteiger partial charge in [-0.25, -0.2) is 8.42 Å². The van der Waals surface area contributed by atoms with Crippen molar-refractivity contribution in [2.24, 2.45) is 0 Å². The summed E-state index contributed by atoms with van der Waals surface area (Å²) in [7, 11) is -3.75. The Balaban J connectivity index is 1.69. The number of benzene rings is 3. The van der Waals surface area contributed by atoms with Crippen LogP contribution >= 0.6 is 0 Å². The van der Waals surface area contributed by atoms with Crippen LogP contribution in [-0.2, 0) is 14.8 Å². The fourth-order valence-electron chi connectivity index (χ4n) is 3.38. The minimum absolute atomic E-state index is 0.110. The average molecular weight is 467 g/mol. The SMILES string of the molecule is CC[C@@H](Oc1cc(C)ccc1C)C(=O)Nc1ccc(S(=O)(=O)Nc2ccc(C)cc2C)cc1. The molecule has 33 heavy (non-hydrogen) atoms. The molecular formula is C26H30N2O4S. The maximum atomic E-state index is 12.8. The van der Waals surface area contributed by atoms with Crippen molar-refractivity contribution in [2.75, 3.05) is 10.0 Å². The van der Waals surface area contributed by atoms with E-state index >= 15 is 0 Å². The van der Waals surface area contributed by atoms with Crippen molar-refractivity contribution < 1.29 is 17.9 Å². The molecule has 0 aliphatic heterocycles. The molecular weight excluding hydrogens is 436 g/mol. The lowest BCUT2D eigenvalue weighted by Gasteiger charge is -2.19. The van der Waals surface area contributed by atoms with Crippen LogP contribution in [-0.4, -0.2) is 20.4 Å². The van der Waals surface area contributed by atoms with E-state index in [-0.39, 0.29) is 10.8 Å². The zero-order valence-electron chi connectivity index (χ0n) is 19.6. The Morgan fingerprint density at radius 2 is 1.52 bits per heavy atom. The predicted octanol–water partition coefficient (Wildman–Crippen LogP) is 5.52. The maximum Gasteiger partial charge on any atom is 0.265 e. The minimum atomic E-state index is -3.75. The van der Waals surface area contributed by atoms with Crippen LogP contribution in [0, 0.1) is 27.7 Å². The number of ether oxygens (including phenoxy) is 1. The van der Waals surface area contributed by atoms with Gasteiger partial charge in [-0.1, -0.05) is 36.8 Å². The van der Waals surface area contributed by atoms with Crippen LogP contribution in [0.3, 0.4) is 0 Å². The van der Waals surface area contributed by atoms with E-state index < -0.39 is 16.1 Å². The van der Waals surface area contributed by atoms with Crippen molar-refractivity contribution in [1.29, 1.82) is 0 Å². The molecule has 0 saturated carbocycles. The first-order valence-electron chi connectivity index (χ1n) is 10.8. The molecule has 0 bridgehead atoms. The van der Waals surface area contributed by atoms with Crippen LogP contribution in [0.5, 0.6) is 5.75 Å². The molecule has 7 heteroatoms. The monoisotopic (exact) mass is 466 g/mol. The van der Waals surface area contributed by atoms with Gasteiger partial charge in [0.2, 0.25) is 0 Å². The molecule has 1 amide bonds. The topological polar surface area (TPSA) is 84.5 Å². The number of carbonyl (C=O) groups excluding carboxylic acids is 1. The lowest BCUT2D eigenvalue weighted by molar-refractivity contribution is -0.122. The third-order valence-corrected chi connectivity index (χ3v) is 6.72. The van der Waals surface area contributed by atoms with Gasteiger partial charge in [-0.3, -0.25) is 9.52 Å². The number of carbonyl (C=O) groups is 1. The number of sulfonamides is 1. The highest BCUT2D eigenvalue weighted by atomic mass is 32.2. The van der Waals surface area contributed by atoms with E-state index in [1.807, 2.05) is 65.0 Å². The molecule has 0 unspecified atom stereocenters. The van der Waals surface area contributed by atoms with Gasteiger partial charge in [0.05, 0.1) is 10.6 Å². The second-order valence-corrected chi connectivity index (χ2v) is 9.90. The van der Waals surface area contributed by atoms with Crippen LogP contribution in [0.1, 0.15) is 35.6 Å². The van der Waals surface area contributed by atoms with Crippen LogP contribution in [0.4, 0.5) is 11.4 Å². The van der Waals surface area contributed by atoms with Crippen LogP contribution in [0.25, 0.3) is 0 Å². The van der Waals surface area contributed by atoms with E-state index in [4.69, 9.17) is 4.74 Å². The molecule has 0 fully saturated rings. The lowest BCUT2D eigenvalue weighted by atomic mass is 10.1. The fourth-order valence-corrected chi connectivity index (χ4v) is 4.51. The van der Waals surface area contributed by atoms with Gasteiger partial charge in [0, 0.05) is 5.69 Å². The molecule has 0 saturated heterocycles. The first-order valence-corrected chi connectivity index (χ1v) is 12.3. The summed E-state index contributed by atoms with van der Waals surface area (Å²) < 4.78 is 34.1. The summed E-state index contributed by atoms with van der Waals surface area (Å²) in [5.41, 5.74) is 4.94. The van der Waals surface area contributed by atoms with E-state index in [9.17, 15) is 13.2 Å². The molecule has 3 rings (SSSR count). The normalized spacial score (nSPS) is 12.2. The summed E-state index contributed by atoms with van der Waals surface area (Å²) >= 11 is 0. The van der Waals surface area contributed by atoms with Crippen molar-refractivity contribution in [3.8, 4) is 5.75 Å². The highest BCUT2D eigenvalue weighted by Gasteiger charge is 2.20. The van der Waals surface area contributed by atoms with Crippen molar-refractivity contribution in [1.82, 2.24) is 0 Å². The van der Waals surface area contributed by atoms with E-state index in [1.54, 1.807) is 18.2 Å². The fraction of sp³-hybridized carbons (Fsp3) is 0.269. The van der Waals surface area contributed by atoms with Crippen molar-refractivity contribution in [3.63, 3.8) is 0 Å². The van der Waals surface area contributed by atoms with E-state index in [0.29, 0.717) is 23.5 Å². The minimum Gasteiger partial charge on any atom is -0.480 e. The summed E-state index contributed by atoms with van der Waals surface area (Å²) in [5.74, 6) is 0.387. The molecule has 3 aromatic carbocycles. The zero-order chi connectivity index (χ0) is 24.2. The molecule has 6 nitrogen and oxygen atoms in total. The summed E-state index contributed by atoms with van der Waals surface area (Å²) in [6, 6.07) is 17.5. The lowest BCUT2D eigenvalue weighted by Crippen LogP contribution is -2.32. The first-order chi connectivity index (χ1) is 15.6. The second kappa shape index (κ2) is 10.1. The van der Waals surface area contributed by atoms with Crippen molar-refractivity contribution >= 4 is 27.3 Å². The number of aryl methyl sites for hydroxylation is 4. The summed E-state index contributed by atoms with van der Waals surface area (Å²) in [6.45, 7) is 9.59. The highest BCUT2D eigenvalue weighted by molar-refractivity contribution is 7.92. The average Bonchev–Trinajstić information content (AvgIpc) is 2.76. The Morgan fingerprint density at radius 3 is 2.15 bits per heavy atom. The van der Waals surface area contributed by atoms with E-state index in [0.717, 1.165) is 22.3 Å². The number of amides is 1. The van der Waals surface area contributed by atoms with Gasteiger partial charge in [-0.05, 0) is 87.2 Å². The molecule has 3 aromatic rings. The molecule has 0 spiro atoms. The predicted molar refractivity (Wildman–Crippen MR) is 132 cm³/mol. The van der Waals surface area contributed by atoms with Crippen LogP contribution in [0.2, 0.25) is 0 Å². The zero-order valence-corrected chi connectivity index (χ0v) is 20.4. The first kappa shape index (κ1) is 24.3. The third kappa shape index (κ3) is 6.14. The Hall–Kier alpha value is -3.32. The number of hydrogen-bond acceptors (Lipinski definition) is 4. The van der Waals surface area contributed by atoms with Gasteiger partial charge < -0.3 is 10.1 Å². The summed E-state index contributed by atoms with van der Waals surface area (Å²) in [5, 5.41) is 2.81. The largest absolute Gasteiger partial charge is 0.480 e. The number of nitrogens with one attached hydrogen (secondary N) is 2. The van der Waals surface area contributed by atoms with Crippen LogP contribution in [0.15, 0.2) is 65.6 Å². The second-order valence-electron chi connectivity index (χ2n) is 8.22. The molecule has 2 N–H and O–H groups in total. The molecule has 1 atom stereocenters. The van der Waals surface area contributed by atoms with E-state index in [1.165, 1.54) is 12.1 Å². The molecule has 0 aromatic heterocycles. The van der Waals surface area contributed by atoms with E-state index in [2.05, 4.69) is 10.0 Å². The number of rotatable bonds is 8. The molecule has 174 valence electrons. The summed E-state index contributed by atoms with van der Waals surface area (Å²) in [4.78, 5) is 12.9. The van der Waals surface area contributed by atoms with Gasteiger partial charge in [0.15, 0.2) is 6.10 Å². The molecule has 0 aliphatic carbocycles. The van der Waals surface area contributed by atoms with Gasteiger partial charge in [-0.15, -0.1) is 0 Å². The Bertz CT molecular complexity index is 1250. The quantitative estimate of drug-likeness (QED) is 0.458. The Labute approximate surface area is 196 Å². The molecule has 0 heterocycles. The van der Waals surface area contributed by atoms with Gasteiger partial charge in [0.25, 0.3) is 15.9 Å². The third-order valence-electron chi connectivity index (χ3n) is 5.33. The Morgan fingerprint density at radius 1 is 0.879 bits per heavy atom. The molecule has 0 aliphatic rings. The maximum absolute atomic E-state index is 12.8. The molecule has 0 radical (unpaired) electrons. The van der Waals surface area contributed by atoms with Gasteiger partial charge in [-0.2, -0.15) is 0 Å². The summed E-state index contributed by atoms with van der Waals surface area (Å²) in [6.07, 6.45) is -0.175. The van der Waals surface area contributed by atoms with Crippen LogP contribution < -0.4 is 14.8 Å². The highest BCUT2D eigenvalue weighted by Crippen LogP contribution is 2.24. The number of anilines is 2.